The number of carbonyl (C=O) groups is 1. The Morgan fingerprint density at radius 2 is 1.54 bits per heavy atom. The third-order valence-electron chi connectivity index (χ3n) is 2.01. The molecular formula is C9H18O4. The first-order chi connectivity index (χ1) is 5.78. The van der Waals surface area contributed by atoms with Crippen molar-refractivity contribution in [2.75, 3.05) is 0 Å². The molecule has 3 N–H and O–H groups in total. The smallest absolute Gasteiger partial charge is 0.309 e. The molecule has 0 aliphatic carbocycles. The van der Waals surface area contributed by atoms with Crippen LogP contribution in [0.3, 0.4) is 0 Å². The maximum absolute atomic E-state index is 10.9. The fraction of sp³-hybridized carbons (Fsp3) is 0.889. The molecule has 0 bridgehead atoms. The van der Waals surface area contributed by atoms with Crippen molar-refractivity contribution in [2.24, 2.45) is 5.41 Å². The van der Waals surface area contributed by atoms with Crippen molar-refractivity contribution in [2.45, 2.75) is 45.8 Å². The van der Waals surface area contributed by atoms with E-state index < -0.39 is 23.6 Å². The fourth-order valence-electron chi connectivity index (χ4n) is 1.56. The van der Waals surface area contributed by atoms with Crippen molar-refractivity contribution in [3.05, 3.63) is 0 Å². The van der Waals surface area contributed by atoms with Crippen LogP contribution in [0.1, 0.15) is 33.6 Å². The van der Waals surface area contributed by atoms with Crippen molar-refractivity contribution in [3.63, 3.8) is 0 Å². The number of hydrogen-bond acceptors (Lipinski definition) is 3. The maximum atomic E-state index is 10.9. The minimum atomic E-state index is -1.04. The summed E-state index contributed by atoms with van der Waals surface area (Å²) in [5.74, 6) is -0.977. The molecule has 4 heteroatoms. The molecular weight excluding hydrogens is 172 g/mol. The van der Waals surface area contributed by atoms with Crippen LogP contribution in [-0.4, -0.2) is 33.5 Å². The Labute approximate surface area is 78.2 Å². The molecule has 78 valence electrons. The Kier molecular flexibility index (Phi) is 4.36. The van der Waals surface area contributed by atoms with Crippen LogP contribution in [-0.2, 0) is 4.79 Å². The number of aliphatic hydroxyl groups is 2. The molecule has 4 nitrogen and oxygen atoms in total. The van der Waals surface area contributed by atoms with Gasteiger partial charge in [-0.3, -0.25) is 4.79 Å². The molecule has 0 aliphatic rings. The molecule has 13 heavy (non-hydrogen) atoms. The normalized spacial score (nSPS) is 20.4. The van der Waals surface area contributed by atoms with E-state index in [-0.39, 0.29) is 12.8 Å². The zero-order chi connectivity index (χ0) is 10.6. The van der Waals surface area contributed by atoms with Gasteiger partial charge in [0, 0.05) is 0 Å². The summed E-state index contributed by atoms with van der Waals surface area (Å²) in [6.45, 7) is 4.63. The number of carboxylic acid groups (broad SMARTS) is 1. The summed E-state index contributed by atoms with van der Waals surface area (Å²) in [5.41, 5.74) is -1.04. The SMILES string of the molecule is CC(O)CC(C)(CC(C)O)C(=O)O. The molecule has 2 unspecified atom stereocenters. The first kappa shape index (κ1) is 12.4. The summed E-state index contributed by atoms with van der Waals surface area (Å²) in [6.07, 6.45) is -1.01. The van der Waals surface area contributed by atoms with E-state index >= 15 is 0 Å². The largest absolute Gasteiger partial charge is 0.481 e. The predicted molar refractivity (Wildman–Crippen MR) is 48.3 cm³/mol. The Morgan fingerprint density at radius 1 is 1.23 bits per heavy atom. The third kappa shape index (κ3) is 4.24. The van der Waals surface area contributed by atoms with E-state index in [2.05, 4.69) is 0 Å². The molecule has 0 saturated carbocycles. The molecule has 0 aromatic rings. The monoisotopic (exact) mass is 190 g/mol. The van der Waals surface area contributed by atoms with Gasteiger partial charge in [0.15, 0.2) is 0 Å². The van der Waals surface area contributed by atoms with Crippen molar-refractivity contribution in [3.8, 4) is 0 Å². The van der Waals surface area contributed by atoms with E-state index in [1.807, 2.05) is 0 Å². The van der Waals surface area contributed by atoms with Crippen LogP contribution in [0.25, 0.3) is 0 Å². The minimum absolute atomic E-state index is 0.160. The van der Waals surface area contributed by atoms with Crippen LogP contribution >= 0.6 is 0 Å². The van der Waals surface area contributed by atoms with Crippen molar-refractivity contribution < 1.29 is 20.1 Å². The predicted octanol–water partition coefficient (Wildman–Crippen LogP) is 0.619. The average molecular weight is 190 g/mol. The van der Waals surface area contributed by atoms with E-state index in [1.165, 1.54) is 6.92 Å². The summed E-state index contributed by atoms with van der Waals surface area (Å²) < 4.78 is 0. The molecule has 0 radical (unpaired) electrons. The van der Waals surface area contributed by atoms with Gasteiger partial charge in [-0.15, -0.1) is 0 Å². The Morgan fingerprint density at radius 3 is 1.69 bits per heavy atom. The van der Waals surface area contributed by atoms with E-state index in [0.29, 0.717) is 0 Å². The molecule has 0 aromatic heterocycles. The first-order valence-electron chi connectivity index (χ1n) is 4.37. The molecule has 0 aliphatic heterocycles. The molecule has 0 aromatic carbocycles. The average Bonchev–Trinajstić information content (AvgIpc) is 1.82. The van der Waals surface area contributed by atoms with Gasteiger partial charge in [0.05, 0.1) is 17.6 Å². The van der Waals surface area contributed by atoms with Gasteiger partial charge in [0.2, 0.25) is 0 Å². The second-order valence-electron chi connectivity index (χ2n) is 3.97. The van der Waals surface area contributed by atoms with E-state index in [1.54, 1.807) is 13.8 Å². The van der Waals surface area contributed by atoms with Gasteiger partial charge in [-0.2, -0.15) is 0 Å². The highest BCUT2D eigenvalue weighted by molar-refractivity contribution is 5.74. The van der Waals surface area contributed by atoms with E-state index in [4.69, 9.17) is 15.3 Å². The van der Waals surface area contributed by atoms with Gasteiger partial charge in [0.1, 0.15) is 0 Å². The summed E-state index contributed by atoms with van der Waals surface area (Å²) in [7, 11) is 0. The van der Waals surface area contributed by atoms with Crippen LogP contribution < -0.4 is 0 Å². The number of carboxylic acids is 1. The van der Waals surface area contributed by atoms with Crippen molar-refractivity contribution >= 4 is 5.97 Å². The second kappa shape index (κ2) is 4.58. The van der Waals surface area contributed by atoms with Gasteiger partial charge in [-0.1, -0.05) is 0 Å². The van der Waals surface area contributed by atoms with Crippen LogP contribution in [0.2, 0.25) is 0 Å². The number of hydrogen-bond donors (Lipinski definition) is 3. The van der Waals surface area contributed by atoms with Crippen LogP contribution in [0, 0.1) is 5.41 Å². The van der Waals surface area contributed by atoms with Gasteiger partial charge < -0.3 is 15.3 Å². The summed E-state index contributed by atoms with van der Waals surface area (Å²) in [5, 5.41) is 27.1. The Bertz CT molecular complexity index is 164. The van der Waals surface area contributed by atoms with E-state index in [0.717, 1.165) is 0 Å². The lowest BCUT2D eigenvalue weighted by molar-refractivity contribution is -0.151. The molecule has 0 rings (SSSR count). The highest BCUT2D eigenvalue weighted by Crippen LogP contribution is 2.29. The van der Waals surface area contributed by atoms with Gasteiger partial charge >= 0.3 is 5.97 Å². The lowest BCUT2D eigenvalue weighted by Crippen LogP contribution is -2.34. The maximum Gasteiger partial charge on any atom is 0.309 e. The van der Waals surface area contributed by atoms with Gasteiger partial charge in [-0.05, 0) is 33.6 Å². The summed E-state index contributed by atoms with van der Waals surface area (Å²) in [6, 6.07) is 0. The molecule has 0 amide bonds. The Hall–Kier alpha value is -0.610. The summed E-state index contributed by atoms with van der Waals surface area (Å²) >= 11 is 0. The quantitative estimate of drug-likeness (QED) is 0.594. The third-order valence-corrected chi connectivity index (χ3v) is 2.01. The molecule has 0 saturated heterocycles. The van der Waals surface area contributed by atoms with Gasteiger partial charge in [0.25, 0.3) is 0 Å². The second-order valence-corrected chi connectivity index (χ2v) is 3.97. The van der Waals surface area contributed by atoms with E-state index in [9.17, 15) is 4.79 Å². The lowest BCUT2D eigenvalue weighted by atomic mass is 9.80. The summed E-state index contributed by atoms with van der Waals surface area (Å²) in [4.78, 5) is 10.9. The topological polar surface area (TPSA) is 77.8 Å². The molecule has 2 atom stereocenters. The molecule has 0 heterocycles. The highest BCUT2D eigenvalue weighted by atomic mass is 16.4. The number of aliphatic carboxylic acids is 1. The van der Waals surface area contributed by atoms with Crippen molar-refractivity contribution in [1.29, 1.82) is 0 Å². The Balaban J connectivity index is 4.43. The molecule has 0 spiro atoms. The van der Waals surface area contributed by atoms with Crippen molar-refractivity contribution in [1.82, 2.24) is 0 Å². The lowest BCUT2D eigenvalue weighted by Gasteiger charge is -2.27. The fourth-order valence-corrected chi connectivity index (χ4v) is 1.56. The standard InChI is InChI=1S/C9H18O4/c1-6(10)4-9(3,8(12)13)5-7(2)11/h6-7,10-11H,4-5H2,1-3H3,(H,12,13). The zero-order valence-corrected chi connectivity index (χ0v) is 8.32. The number of rotatable bonds is 5. The number of aliphatic hydroxyl groups excluding tert-OH is 2. The molecule has 0 fully saturated rings. The van der Waals surface area contributed by atoms with Crippen LogP contribution in [0.5, 0.6) is 0 Å². The first-order valence-corrected chi connectivity index (χ1v) is 4.37. The van der Waals surface area contributed by atoms with Crippen LogP contribution in [0.4, 0.5) is 0 Å². The highest BCUT2D eigenvalue weighted by Gasteiger charge is 2.35. The minimum Gasteiger partial charge on any atom is -0.481 e. The van der Waals surface area contributed by atoms with Gasteiger partial charge in [-0.25, -0.2) is 0 Å². The zero-order valence-electron chi connectivity index (χ0n) is 8.32. The van der Waals surface area contributed by atoms with Crippen LogP contribution in [0.15, 0.2) is 0 Å².